The molecule has 1 aliphatic rings. The Kier molecular flexibility index (Phi) is 9.05. The number of carbonyl (C=O) groups excluding carboxylic acids is 1. The van der Waals surface area contributed by atoms with E-state index in [1.54, 1.807) is 24.3 Å². The number of nitrogens with zero attached hydrogens (tertiary/aromatic N) is 4. The Morgan fingerprint density at radius 3 is 2.65 bits per heavy atom. The van der Waals surface area contributed by atoms with Gasteiger partial charge in [0, 0.05) is 7.11 Å². The van der Waals surface area contributed by atoms with Crippen molar-refractivity contribution in [3.05, 3.63) is 54.5 Å². The molecule has 2 heterocycles. The number of ether oxygens (including phenoxy) is 2. The summed E-state index contributed by atoms with van der Waals surface area (Å²) in [4.78, 5) is 16.4. The van der Waals surface area contributed by atoms with E-state index in [9.17, 15) is 24.8 Å². The molecule has 5 N–H and O–H groups in total. The Morgan fingerprint density at radius 1 is 1.30 bits per heavy atom. The zero-order valence-electron chi connectivity index (χ0n) is 21.9. The molecule has 214 valence electrons. The van der Waals surface area contributed by atoms with Crippen molar-refractivity contribution in [1.82, 2.24) is 19.7 Å². The summed E-state index contributed by atoms with van der Waals surface area (Å²) in [5, 5.41) is 38.8. The first-order valence-electron chi connectivity index (χ1n) is 12.5. The van der Waals surface area contributed by atoms with Crippen molar-refractivity contribution >= 4 is 25.1 Å². The second kappa shape index (κ2) is 12.3. The molecule has 0 radical (unpaired) electrons. The summed E-state index contributed by atoms with van der Waals surface area (Å²) in [5.74, 6) is -0.365. The lowest BCUT2D eigenvalue weighted by Crippen LogP contribution is -2.50. The number of benzene rings is 1. The number of anilines is 1. The van der Waals surface area contributed by atoms with Crippen molar-refractivity contribution in [3.8, 4) is 11.8 Å². The van der Waals surface area contributed by atoms with Crippen LogP contribution in [0.5, 0.6) is 5.75 Å². The van der Waals surface area contributed by atoms with Crippen molar-refractivity contribution in [2.45, 2.75) is 56.1 Å². The van der Waals surface area contributed by atoms with Crippen molar-refractivity contribution in [3.63, 3.8) is 0 Å². The molecule has 0 saturated heterocycles. The largest absolute Gasteiger partial charge is 0.461 e. The van der Waals surface area contributed by atoms with Gasteiger partial charge in [0.25, 0.3) is 0 Å². The van der Waals surface area contributed by atoms with E-state index < -0.39 is 44.2 Å². The van der Waals surface area contributed by atoms with Gasteiger partial charge in [-0.2, -0.15) is 15.4 Å². The number of nitrogen functional groups attached to an aromatic ring is 1. The molecule has 1 unspecified atom stereocenters. The molecule has 3 aromatic rings. The number of methoxy groups -OCH3 is 1. The molecule has 0 amide bonds. The fraction of sp³-hybridized carbons (Fsp3) is 0.440. The molecule has 40 heavy (non-hydrogen) atoms. The zero-order valence-corrected chi connectivity index (χ0v) is 22.8. The molecule has 1 aliphatic carbocycles. The highest BCUT2D eigenvalue weighted by molar-refractivity contribution is 7.52. The number of hydrogen-bond acceptors (Lipinski definition) is 12. The van der Waals surface area contributed by atoms with Crippen LogP contribution in [-0.4, -0.2) is 68.3 Å². The molecule has 0 bridgehead atoms. The maximum atomic E-state index is 13.9. The predicted octanol–water partition coefficient (Wildman–Crippen LogP) is 1.89. The topological polar surface area (TPSA) is 204 Å². The first-order chi connectivity index (χ1) is 19.1. The van der Waals surface area contributed by atoms with E-state index in [1.807, 2.05) is 0 Å². The molecule has 0 spiro atoms. The summed E-state index contributed by atoms with van der Waals surface area (Å²) in [5.41, 5.74) is 4.06. The zero-order chi connectivity index (χ0) is 28.9. The number of fused-ring (bicyclic) bond motifs is 1. The van der Waals surface area contributed by atoms with E-state index >= 15 is 0 Å². The molecule has 2 aromatic heterocycles. The normalized spacial score (nSPS) is 18.9. The summed E-state index contributed by atoms with van der Waals surface area (Å²) in [6.45, 7) is 0.600. The van der Waals surface area contributed by atoms with Gasteiger partial charge in [0.15, 0.2) is 5.82 Å². The second-order valence-electron chi connectivity index (χ2n) is 9.31. The standard InChI is InChI=1S/C25H31N6O8P/c1-16(24(34)38-17-9-6-10-17)30-40(35,39-18-7-4-3-5-8-18)37-14-25(13-26,36-2)22(33)21(32)19-11-12-20-23(27)28-15-29-31(19)20/h3-5,7-8,11-12,15-17,21-22,32-33H,6,9-10,14H2,1-2H3,(H,30,35)(H2,27,28,29)/t16-,21-,22-,25+,40?/m0/s1. The van der Waals surface area contributed by atoms with Gasteiger partial charge in [-0.15, -0.1) is 0 Å². The van der Waals surface area contributed by atoms with E-state index in [4.69, 9.17) is 24.3 Å². The monoisotopic (exact) mass is 574 g/mol. The average Bonchev–Trinajstić information content (AvgIpc) is 3.37. The van der Waals surface area contributed by atoms with Gasteiger partial charge in [-0.05, 0) is 50.5 Å². The van der Waals surface area contributed by atoms with Gasteiger partial charge in [0.1, 0.15) is 54.6 Å². The number of aliphatic hydroxyl groups excluding tert-OH is 2. The lowest BCUT2D eigenvalue weighted by atomic mass is 9.93. The average molecular weight is 575 g/mol. The fourth-order valence-corrected chi connectivity index (χ4v) is 5.48. The van der Waals surface area contributed by atoms with Crippen molar-refractivity contribution < 1.29 is 38.1 Å². The van der Waals surface area contributed by atoms with E-state index in [1.165, 1.54) is 42.0 Å². The molecule has 5 atom stereocenters. The maximum Gasteiger partial charge on any atom is 0.459 e. The van der Waals surface area contributed by atoms with Gasteiger partial charge >= 0.3 is 13.7 Å². The molecule has 1 fully saturated rings. The summed E-state index contributed by atoms with van der Waals surface area (Å²) < 4.78 is 37.0. The number of nitrogens with one attached hydrogen (secondary N) is 1. The summed E-state index contributed by atoms with van der Waals surface area (Å²) in [6.07, 6.45) is -0.222. The highest BCUT2D eigenvalue weighted by Gasteiger charge is 2.47. The molecule has 1 aromatic carbocycles. The van der Waals surface area contributed by atoms with E-state index in [2.05, 4.69) is 15.2 Å². The van der Waals surface area contributed by atoms with Crippen LogP contribution in [0.1, 0.15) is 38.0 Å². The quantitative estimate of drug-likeness (QED) is 0.170. The molecule has 15 heteroatoms. The highest BCUT2D eigenvalue weighted by atomic mass is 31.2. The summed E-state index contributed by atoms with van der Waals surface area (Å²) >= 11 is 0. The number of nitriles is 1. The number of nitrogens with two attached hydrogens (primary N) is 1. The van der Waals surface area contributed by atoms with Crippen LogP contribution in [0.3, 0.4) is 0 Å². The lowest BCUT2D eigenvalue weighted by Gasteiger charge is -2.34. The number of esters is 1. The van der Waals surface area contributed by atoms with E-state index in [0.29, 0.717) is 5.52 Å². The van der Waals surface area contributed by atoms with Gasteiger partial charge in [-0.1, -0.05) is 18.2 Å². The molecule has 1 saturated carbocycles. The lowest BCUT2D eigenvalue weighted by molar-refractivity contribution is -0.154. The number of aromatic nitrogens is 3. The van der Waals surface area contributed by atoms with Crippen LogP contribution in [0.4, 0.5) is 5.82 Å². The third-order valence-electron chi connectivity index (χ3n) is 6.60. The number of carbonyl (C=O) groups is 1. The van der Waals surface area contributed by atoms with E-state index in [0.717, 1.165) is 26.4 Å². The fourth-order valence-electron chi connectivity index (χ4n) is 3.96. The molecule has 4 rings (SSSR count). The summed E-state index contributed by atoms with van der Waals surface area (Å²) in [7, 11) is -3.28. The molecular weight excluding hydrogens is 543 g/mol. The van der Waals surface area contributed by atoms with Crippen LogP contribution < -0.4 is 15.3 Å². The van der Waals surface area contributed by atoms with Crippen LogP contribution >= 0.6 is 7.75 Å². The number of aliphatic hydroxyl groups is 2. The Hall–Kier alpha value is -3.57. The minimum Gasteiger partial charge on any atom is -0.461 e. The van der Waals surface area contributed by atoms with Gasteiger partial charge in [0.2, 0.25) is 5.60 Å². The predicted molar refractivity (Wildman–Crippen MR) is 141 cm³/mol. The number of para-hydroxylation sites is 1. The Bertz CT molecular complexity index is 1410. The van der Waals surface area contributed by atoms with Crippen molar-refractivity contribution in [1.29, 1.82) is 5.26 Å². The Labute approximate surface area is 230 Å². The minimum absolute atomic E-state index is 0.0856. The van der Waals surface area contributed by atoms with Gasteiger partial charge in [-0.25, -0.2) is 14.1 Å². The Morgan fingerprint density at radius 2 is 2.02 bits per heavy atom. The van der Waals surface area contributed by atoms with Crippen LogP contribution in [0, 0.1) is 11.3 Å². The molecular formula is C25H31N6O8P. The first-order valence-corrected chi connectivity index (χ1v) is 14.0. The van der Waals surface area contributed by atoms with Gasteiger partial charge in [-0.3, -0.25) is 9.32 Å². The maximum absolute atomic E-state index is 13.9. The van der Waals surface area contributed by atoms with Crippen molar-refractivity contribution in [2.75, 3.05) is 19.5 Å². The molecule has 0 aliphatic heterocycles. The summed E-state index contributed by atoms with van der Waals surface area (Å²) in [6, 6.07) is 11.7. The molecule has 14 nitrogen and oxygen atoms in total. The van der Waals surface area contributed by atoms with Gasteiger partial charge < -0.3 is 29.9 Å². The van der Waals surface area contributed by atoms with Crippen LogP contribution in [0.25, 0.3) is 5.52 Å². The second-order valence-corrected chi connectivity index (χ2v) is 11.0. The SMILES string of the molecule is CO[C@](C#N)(COP(=O)(N[C@@H](C)C(=O)OC1CCC1)Oc1ccccc1)[C@@H](O)[C@@H](O)c1ccc2c(N)ncnn12. The van der Waals surface area contributed by atoms with Crippen molar-refractivity contribution in [2.24, 2.45) is 0 Å². The highest BCUT2D eigenvalue weighted by Crippen LogP contribution is 2.46. The smallest absolute Gasteiger partial charge is 0.459 e. The number of rotatable bonds is 13. The van der Waals surface area contributed by atoms with Crippen LogP contribution in [0.15, 0.2) is 48.8 Å². The van der Waals surface area contributed by atoms with Crippen LogP contribution in [-0.2, 0) is 23.4 Å². The Balaban J connectivity index is 1.56. The third-order valence-corrected chi connectivity index (χ3v) is 8.23. The number of hydrogen-bond donors (Lipinski definition) is 4. The van der Waals surface area contributed by atoms with Crippen LogP contribution in [0.2, 0.25) is 0 Å². The van der Waals surface area contributed by atoms with Gasteiger partial charge in [0.05, 0.1) is 5.69 Å². The third kappa shape index (κ3) is 6.26. The van der Waals surface area contributed by atoms with E-state index in [-0.39, 0.29) is 23.4 Å². The first kappa shape index (κ1) is 29.4. The minimum atomic E-state index is -4.40.